The van der Waals surface area contributed by atoms with Crippen LogP contribution in [0.5, 0.6) is 0 Å². The Kier molecular flexibility index (Phi) is 3.47. The number of anilines is 2. The van der Waals surface area contributed by atoms with Gasteiger partial charge < -0.3 is 10.6 Å². The van der Waals surface area contributed by atoms with Crippen LogP contribution in [-0.2, 0) is 11.2 Å². The topological polar surface area (TPSA) is 58.2 Å². The van der Waals surface area contributed by atoms with E-state index in [0.717, 1.165) is 11.3 Å². The van der Waals surface area contributed by atoms with E-state index in [1.54, 1.807) is 18.2 Å². The van der Waals surface area contributed by atoms with E-state index >= 15 is 0 Å². The van der Waals surface area contributed by atoms with E-state index in [0.29, 0.717) is 15.7 Å². The molecule has 6 heteroatoms. The average Bonchev–Trinajstić information content (AvgIpc) is 2.80. The Morgan fingerprint density at radius 3 is 2.81 bits per heavy atom. The quantitative estimate of drug-likeness (QED) is 0.874. The van der Waals surface area contributed by atoms with Crippen LogP contribution in [-0.4, -0.2) is 11.8 Å². The maximum absolute atomic E-state index is 13.0. The minimum atomic E-state index is -0.387. The number of nitrogens with one attached hydrogen (secondary N) is 2. The molecule has 106 valence electrons. The minimum Gasteiger partial charge on any atom is -0.326 e. The highest BCUT2D eigenvalue weighted by Gasteiger charge is 2.19. The second-order valence-electron chi connectivity index (χ2n) is 4.68. The summed E-state index contributed by atoms with van der Waals surface area (Å²) >= 11 is 3.20. The number of carbonyl (C=O) groups is 2. The van der Waals surface area contributed by atoms with Crippen LogP contribution in [0.2, 0.25) is 0 Å². The highest BCUT2D eigenvalue weighted by molar-refractivity contribution is 9.10. The first kappa shape index (κ1) is 13.8. The number of hydrogen-bond acceptors (Lipinski definition) is 2. The highest BCUT2D eigenvalue weighted by atomic mass is 79.9. The standard InChI is InChI=1S/C15H10BrFN2O2/c16-11-7-10(17)2-4-13(11)19-15(21)8-1-3-12-9(5-8)6-14(20)18-12/h1-5,7H,6H2,(H,18,20)(H,19,21). The molecule has 0 radical (unpaired) electrons. The molecular weight excluding hydrogens is 339 g/mol. The molecule has 0 aliphatic carbocycles. The number of fused-ring (bicyclic) bond motifs is 1. The van der Waals surface area contributed by atoms with Crippen LogP contribution in [0.25, 0.3) is 0 Å². The third kappa shape index (κ3) is 2.80. The van der Waals surface area contributed by atoms with Crippen LogP contribution in [0.4, 0.5) is 15.8 Å². The maximum atomic E-state index is 13.0. The van der Waals surface area contributed by atoms with Crippen LogP contribution in [0, 0.1) is 5.82 Å². The van der Waals surface area contributed by atoms with Gasteiger partial charge in [-0.05, 0) is 57.9 Å². The van der Waals surface area contributed by atoms with Crippen molar-refractivity contribution in [1.82, 2.24) is 0 Å². The molecule has 1 aliphatic heterocycles. The second kappa shape index (κ2) is 5.29. The summed E-state index contributed by atoms with van der Waals surface area (Å²) in [5, 5.41) is 5.41. The molecule has 4 nitrogen and oxygen atoms in total. The Bertz CT molecular complexity index is 761. The maximum Gasteiger partial charge on any atom is 0.255 e. The monoisotopic (exact) mass is 348 g/mol. The summed E-state index contributed by atoms with van der Waals surface area (Å²) < 4.78 is 13.5. The van der Waals surface area contributed by atoms with Crippen molar-refractivity contribution in [2.45, 2.75) is 6.42 Å². The zero-order chi connectivity index (χ0) is 15.0. The summed E-state index contributed by atoms with van der Waals surface area (Å²) in [5.74, 6) is -0.782. The van der Waals surface area contributed by atoms with Crippen molar-refractivity contribution in [3.05, 3.63) is 57.8 Å². The average molecular weight is 349 g/mol. The fourth-order valence-corrected chi connectivity index (χ4v) is 2.61. The molecule has 0 bridgehead atoms. The van der Waals surface area contributed by atoms with Gasteiger partial charge in [-0.2, -0.15) is 0 Å². The van der Waals surface area contributed by atoms with Crippen LogP contribution >= 0.6 is 15.9 Å². The highest BCUT2D eigenvalue weighted by Crippen LogP contribution is 2.26. The number of carbonyl (C=O) groups excluding carboxylic acids is 2. The minimum absolute atomic E-state index is 0.0798. The van der Waals surface area contributed by atoms with E-state index in [2.05, 4.69) is 26.6 Å². The van der Waals surface area contributed by atoms with E-state index in [4.69, 9.17) is 0 Å². The third-order valence-electron chi connectivity index (χ3n) is 3.17. The Hall–Kier alpha value is -2.21. The lowest BCUT2D eigenvalue weighted by atomic mass is 10.1. The van der Waals surface area contributed by atoms with Gasteiger partial charge >= 0.3 is 0 Å². The van der Waals surface area contributed by atoms with Gasteiger partial charge in [0.25, 0.3) is 5.91 Å². The van der Waals surface area contributed by atoms with Gasteiger partial charge in [-0.25, -0.2) is 4.39 Å². The third-order valence-corrected chi connectivity index (χ3v) is 3.83. The molecule has 2 aromatic rings. The van der Waals surface area contributed by atoms with Crippen LogP contribution in [0.15, 0.2) is 40.9 Å². The summed E-state index contributed by atoms with van der Waals surface area (Å²) in [6, 6.07) is 9.05. The van der Waals surface area contributed by atoms with E-state index in [1.807, 2.05) is 0 Å². The predicted molar refractivity (Wildman–Crippen MR) is 80.8 cm³/mol. The summed E-state index contributed by atoms with van der Waals surface area (Å²) in [6.45, 7) is 0. The molecule has 0 atom stereocenters. The van der Waals surface area contributed by atoms with E-state index in [9.17, 15) is 14.0 Å². The van der Waals surface area contributed by atoms with Crippen molar-refractivity contribution in [3.63, 3.8) is 0 Å². The first-order chi connectivity index (χ1) is 10.0. The van der Waals surface area contributed by atoms with Gasteiger partial charge in [0, 0.05) is 15.7 Å². The van der Waals surface area contributed by atoms with Gasteiger partial charge in [-0.1, -0.05) is 0 Å². The SMILES string of the molecule is O=C1Cc2cc(C(=O)Nc3ccc(F)cc3Br)ccc2N1. The molecule has 0 spiro atoms. The van der Waals surface area contributed by atoms with Gasteiger partial charge in [0.1, 0.15) is 5.82 Å². The number of halogens is 2. The number of benzene rings is 2. The zero-order valence-corrected chi connectivity index (χ0v) is 12.3. The summed E-state index contributed by atoms with van der Waals surface area (Å²) in [4.78, 5) is 23.5. The normalized spacial score (nSPS) is 12.8. The smallest absolute Gasteiger partial charge is 0.255 e. The Morgan fingerprint density at radius 1 is 1.24 bits per heavy atom. The van der Waals surface area contributed by atoms with Crippen molar-refractivity contribution >= 4 is 39.1 Å². The first-order valence-corrected chi connectivity index (χ1v) is 7.01. The number of amides is 2. The van der Waals surface area contributed by atoms with Gasteiger partial charge in [-0.3, -0.25) is 9.59 Å². The lowest BCUT2D eigenvalue weighted by Crippen LogP contribution is -2.12. The lowest BCUT2D eigenvalue weighted by Gasteiger charge is -2.08. The van der Waals surface area contributed by atoms with Gasteiger partial charge in [-0.15, -0.1) is 0 Å². The molecule has 1 aliphatic rings. The molecule has 3 rings (SSSR count). The molecule has 0 saturated carbocycles. The van der Waals surface area contributed by atoms with Crippen molar-refractivity contribution in [1.29, 1.82) is 0 Å². The van der Waals surface area contributed by atoms with Gasteiger partial charge in [0.05, 0.1) is 12.1 Å². The lowest BCUT2D eigenvalue weighted by molar-refractivity contribution is -0.115. The number of hydrogen-bond donors (Lipinski definition) is 2. The largest absolute Gasteiger partial charge is 0.326 e. The molecule has 2 N–H and O–H groups in total. The molecule has 0 fully saturated rings. The fourth-order valence-electron chi connectivity index (χ4n) is 2.16. The van der Waals surface area contributed by atoms with Crippen molar-refractivity contribution < 1.29 is 14.0 Å². The molecule has 21 heavy (non-hydrogen) atoms. The van der Waals surface area contributed by atoms with Crippen molar-refractivity contribution in [2.75, 3.05) is 10.6 Å². The zero-order valence-electron chi connectivity index (χ0n) is 10.7. The second-order valence-corrected chi connectivity index (χ2v) is 5.53. The summed E-state index contributed by atoms with van der Waals surface area (Å²) in [7, 11) is 0. The Balaban J connectivity index is 1.83. The summed E-state index contributed by atoms with van der Waals surface area (Å²) in [6.07, 6.45) is 0.275. The van der Waals surface area contributed by atoms with E-state index in [1.165, 1.54) is 18.2 Å². The fraction of sp³-hybridized carbons (Fsp3) is 0.0667. The molecular formula is C15H10BrFN2O2. The van der Waals surface area contributed by atoms with Crippen LogP contribution < -0.4 is 10.6 Å². The van der Waals surface area contributed by atoms with E-state index in [-0.39, 0.29) is 24.1 Å². The molecule has 0 saturated heterocycles. The first-order valence-electron chi connectivity index (χ1n) is 6.22. The van der Waals surface area contributed by atoms with E-state index < -0.39 is 0 Å². The van der Waals surface area contributed by atoms with Gasteiger partial charge in [0.2, 0.25) is 5.91 Å². The van der Waals surface area contributed by atoms with Crippen LogP contribution in [0.1, 0.15) is 15.9 Å². The molecule has 0 unspecified atom stereocenters. The Labute approximate surface area is 128 Å². The summed E-state index contributed by atoms with van der Waals surface area (Å²) in [5.41, 5.74) is 2.46. The molecule has 2 aromatic carbocycles. The predicted octanol–water partition coefficient (Wildman–Crippen LogP) is 3.34. The molecule has 2 amide bonds. The van der Waals surface area contributed by atoms with Crippen molar-refractivity contribution in [3.8, 4) is 0 Å². The van der Waals surface area contributed by atoms with Crippen molar-refractivity contribution in [2.24, 2.45) is 0 Å². The Morgan fingerprint density at radius 2 is 2.05 bits per heavy atom. The molecule has 0 aromatic heterocycles. The molecule has 1 heterocycles. The van der Waals surface area contributed by atoms with Gasteiger partial charge in [0.15, 0.2) is 0 Å². The van der Waals surface area contributed by atoms with Crippen LogP contribution in [0.3, 0.4) is 0 Å². The number of rotatable bonds is 2.